The Kier molecular flexibility index (Phi) is 2.44. The first-order valence-corrected chi connectivity index (χ1v) is 5.65. The summed E-state index contributed by atoms with van der Waals surface area (Å²) in [5.41, 5.74) is 0.886. The van der Waals surface area contributed by atoms with Gasteiger partial charge >= 0.3 is 0 Å². The molecule has 1 N–H and O–H groups in total. The van der Waals surface area contributed by atoms with E-state index in [9.17, 15) is 0 Å². The normalized spacial score (nSPS) is 29.9. The van der Waals surface area contributed by atoms with Gasteiger partial charge in [-0.15, -0.1) is 6.58 Å². The fourth-order valence-electron chi connectivity index (χ4n) is 2.40. The van der Waals surface area contributed by atoms with E-state index in [2.05, 4.69) is 30.6 Å². The predicted molar refractivity (Wildman–Crippen MR) is 60.4 cm³/mol. The summed E-state index contributed by atoms with van der Waals surface area (Å²) in [6, 6.07) is 0. The van der Waals surface area contributed by atoms with Crippen LogP contribution in [0.2, 0.25) is 0 Å². The molecule has 1 saturated heterocycles. The first kappa shape index (κ1) is 10.2. The van der Waals surface area contributed by atoms with Gasteiger partial charge < -0.3 is 5.32 Å². The lowest BCUT2D eigenvalue weighted by Gasteiger charge is -2.37. The highest BCUT2D eigenvalue weighted by Crippen LogP contribution is 2.47. The van der Waals surface area contributed by atoms with Gasteiger partial charge in [-0.25, -0.2) is 0 Å². The van der Waals surface area contributed by atoms with Gasteiger partial charge in [-0.3, -0.25) is 4.90 Å². The van der Waals surface area contributed by atoms with Crippen molar-refractivity contribution in [3.8, 4) is 0 Å². The van der Waals surface area contributed by atoms with Crippen LogP contribution in [-0.4, -0.2) is 36.6 Å². The molecular formula is C12H22N2. The van der Waals surface area contributed by atoms with Crippen LogP contribution in [0.15, 0.2) is 12.7 Å². The number of nitrogens with zero attached hydrogens (tertiary/aromatic N) is 1. The maximum absolute atomic E-state index is 3.86. The highest BCUT2D eigenvalue weighted by Gasteiger charge is 2.47. The monoisotopic (exact) mass is 194 g/mol. The van der Waals surface area contributed by atoms with Gasteiger partial charge in [0, 0.05) is 31.7 Å². The molecule has 1 saturated carbocycles. The summed E-state index contributed by atoms with van der Waals surface area (Å²) >= 11 is 0. The van der Waals surface area contributed by atoms with E-state index in [1.54, 1.807) is 0 Å². The van der Waals surface area contributed by atoms with E-state index in [1.807, 2.05) is 6.08 Å². The van der Waals surface area contributed by atoms with Gasteiger partial charge in [0.25, 0.3) is 0 Å². The van der Waals surface area contributed by atoms with Crippen LogP contribution in [0, 0.1) is 5.41 Å². The van der Waals surface area contributed by atoms with Crippen molar-refractivity contribution in [2.24, 2.45) is 5.41 Å². The molecule has 14 heavy (non-hydrogen) atoms. The molecule has 0 radical (unpaired) electrons. The summed E-state index contributed by atoms with van der Waals surface area (Å²) in [7, 11) is 0. The van der Waals surface area contributed by atoms with Crippen LogP contribution < -0.4 is 5.32 Å². The molecule has 0 aromatic heterocycles. The quantitative estimate of drug-likeness (QED) is 0.672. The fraction of sp³-hybridized carbons (Fsp3) is 0.833. The minimum atomic E-state index is 0.278. The fourth-order valence-corrected chi connectivity index (χ4v) is 2.40. The summed E-state index contributed by atoms with van der Waals surface area (Å²) in [6.45, 7) is 13.1. The maximum Gasteiger partial charge on any atom is 0.0281 e. The summed E-state index contributed by atoms with van der Waals surface area (Å²) in [4.78, 5) is 2.58. The molecule has 1 spiro atoms. The number of rotatable bonds is 2. The SMILES string of the molecule is C=CCN1CC2(CC2)CNCC1(C)C. The Balaban J connectivity index is 2.09. The second-order valence-corrected chi connectivity index (χ2v) is 5.59. The van der Waals surface area contributed by atoms with Crippen LogP contribution >= 0.6 is 0 Å². The molecule has 0 aromatic carbocycles. The molecule has 0 atom stereocenters. The zero-order valence-electron chi connectivity index (χ0n) is 9.47. The average Bonchev–Trinajstić information content (AvgIpc) is 2.85. The van der Waals surface area contributed by atoms with Crippen molar-refractivity contribution in [2.45, 2.75) is 32.2 Å². The van der Waals surface area contributed by atoms with Gasteiger partial charge in [0.2, 0.25) is 0 Å². The molecule has 1 heterocycles. The Hall–Kier alpha value is -0.340. The van der Waals surface area contributed by atoms with Gasteiger partial charge in [0.15, 0.2) is 0 Å². The molecule has 2 rings (SSSR count). The van der Waals surface area contributed by atoms with Crippen molar-refractivity contribution in [2.75, 3.05) is 26.2 Å². The van der Waals surface area contributed by atoms with E-state index in [-0.39, 0.29) is 5.54 Å². The van der Waals surface area contributed by atoms with Gasteiger partial charge in [-0.2, -0.15) is 0 Å². The van der Waals surface area contributed by atoms with Gasteiger partial charge in [-0.1, -0.05) is 6.08 Å². The third-order valence-electron chi connectivity index (χ3n) is 3.75. The van der Waals surface area contributed by atoms with Gasteiger partial charge in [-0.05, 0) is 32.1 Å². The molecule has 2 heteroatoms. The molecule has 2 nitrogen and oxygen atoms in total. The van der Waals surface area contributed by atoms with Crippen molar-refractivity contribution in [1.29, 1.82) is 0 Å². The lowest BCUT2D eigenvalue weighted by molar-refractivity contribution is 0.132. The zero-order valence-corrected chi connectivity index (χ0v) is 9.47. The summed E-state index contributed by atoms with van der Waals surface area (Å²) in [5.74, 6) is 0. The molecule has 0 amide bonds. The first-order chi connectivity index (χ1) is 6.58. The van der Waals surface area contributed by atoms with Crippen LogP contribution in [0.3, 0.4) is 0 Å². The van der Waals surface area contributed by atoms with E-state index in [0.717, 1.165) is 13.1 Å². The molecule has 2 fully saturated rings. The van der Waals surface area contributed by atoms with Gasteiger partial charge in [0.1, 0.15) is 0 Å². The second-order valence-electron chi connectivity index (χ2n) is 5.59. The number of hydrogen-bond donors (Lipinski definition) is 1. The van der Waals surface area contributed by atoms with Crippen molar-refractivity contribution >= 4 is 0 Å². The molecule has 1 aliphatic carbocycles. The molecule has 0 unspecified atom stereocenters. The van der Waals surface area contributed by atoms with Crippen LogP contribution in [0.4, 0.5) is 0 Å². The van der Waals surface area contributed by atoms with Crippen LogP contribution in [0.1, 0.15) is 26.7 Å². The standard InChI is InChI=1S/C12H22N2/c1-4-7-14-10-12(5-6-12)9-13-8-11(14,2)3/h4,13H,1,5-10H2,2-3H3. The Bertz CT molecular complexity index is 228. The second kappa shape index (κ2) is 3.35. The van der Waals surface area contributed by atoms with E-state index >= 15 is 0 Å². The third-order valence-corrected chi connectivity index (χ3v) is 3.75. The number of nitrogens with one attached hydrogen (secondary N) is 1. The van der Waals surface area contributed by atoms with Gasteiger partial charge in [0.05, 0.1) is 0 Å². The van der Waals surface area contributed by atoms with E-state index < -0.39 is 0 Å². The molecule has 0 bridgehead atoms. The van der Waals surface area contributed by atoms with E-state index in [4.69, 9.17) is 0 Å². The van der Waals surface area contributed by atoms with Crippen molar-refractivity contribution < 1.29 is 0 Å². The maximum atomic E-state index is 3.86. The molecular weight excluding hydrogens is 172 g/mol. The summed E-state index contributed by atoms with van der Waals surface area (Å²) in [6.07, 6.45) is 4.84. The minimum Gasteiger partial charge on any atom is -0.314 e. The average molecular weight is 194 g/mol. The lowest BCUT2D eigenvalue weighted by atomic mass is 10.0. The molecule has 0 aromatic rings. The summed E-state index contributed by atoms with van der Waals surface area (Å²) in [5, 5.41) is 3.60. The third kappa shape index (κ3) is 1.86. The minimum absolute atomic E-state index is 0.278. The Morgan fingerprint density at radius 2 is 2.07 bits per heavy atom. The molecule has 2 aliphatic rings. The molecule has 80 valence electrons. The van der Waals surface area contributed by atoms with Crippen molar-refractivity contribution in [1.82, 2.24) is 10.2 Å². The topological polar surface area (TPSA) is 15.3 Å². The highest BCUT2D eigenvalue weighted by atomic mass is 15.2. The zero-order chi connectivity index (χ0) is 10.2. The Morgan fingerprint density at radius 3 is 2.64 bits per heavy atom. The predicted octanol–water partition coefficient (Wildman–Crippen LogP) is 1.64. The van der Waals surface area contributed by atoms with Crippen molar-refractivity contribution in [3.63, 3.8) is 0 Å². The first-order valence-electron chi connectivity index (χ1n) is 5.65. The number of hydrogen-bond acceptors (Lipinski definition) is 2. The van der Waals surface area contributed by atoms with Crippen LogP contribution in [0.25, 0.3) is 0 Å². The summed E-state index contributed by atoms with van der Waals surface area (Å²) < 4.78 is 0. The smallest absolute Gasteiger partial charge is 0.0281 e. The largest absolute Gasteiger partial charge is 0.314 e. The highest BCUT2D eigenvalue weighted by molar-refractivity contribution is 5.03. The van der Waals surface area contributed by atoms with Crippen molar-refractivity contribution in [3.05, 3.63) is 12.7 Å². The Morgan fingerprint density at radius 1 is 1.36 bits per heavy atom. The Labute approximate surface area is 87.4 Å². The van der Waals surface area contributed by atoms with E-state index in [1.165, 1.54) is 25.9 Å². The van der Waals surface area contributed by atoms with E-state index in [0.29, 0.717) is 5.41 Å². The van der Waals surface area contributed by atoms with Crippen LogP contribution in [0.5, 0.6) is 0 Å². The van der Waals surface area contributed by atoms with Crippen LogP contribution in [-0.2, 0) is 0 Å². The lowest BCUT2D eigenvalue weighted by Crippen LogP contribution is -2.49. The molecule has 1 aliphatic heterocycles.